The molecule has 3 nitrogen and oxygen atoms in total. The van der Waals surface area contributed by atoms with Gasteiger partial charge in [0, 0.05) is 10.4 Å². The van der Waals surface area contributed by atoms with Crippen molar-refractivity contribution in [2.24, 2.45) is 0 Å². The normalized spacial score (nSPS) is 11.8. The molecule has 4 rings (SSSR count). The van der Waals surface area contributed by atoms with E-state index in [1.165, 1.54) is 3.97 Å². The van der Waals surface area contributed by atoms with Crippen molar-refractivity contribution in [3.8, 4) is 11.3 Å². The van der Waals surface area contributed by atoms with Crippen LogP contribution < -0.4 is 0 Å². The highest BCUT2D eigenvalue weighted by Gasteiger charge is 2.23. The fourth-order valence-corrected chi connectivity index (χ4v) is 4.76. The molecule has 0 unspecified atom stereocenters. The second-order valence-electron chi connectivity index (χ2n) is 6.18. The number of hydrogen-bond acceptors (Lipinski definition) is 2. The van der Waals surface area contributed by atoms with Crippen molar-refractivity contribution in [1.29, 1.82) is 0 Å². The summed E-state index contributed by atoms with van der Waals surface area (Å²) in [6.07, 6.45) is 0. The van der Waals surface area contributed by atoms with E-state index < -0.39 is 10.0 Å². The molecule has 0 N–H and O–H groups in total. The van der Waals surface area contributed by atoms with Crippen LogP contribution in [0.4, 0.5) is 0 Å². The monoisotopic (exact) mass is 381 g/mol. The van der Waals surface area contributed by atoms with Crippen LogP contribution in [0.2, 0.25) is 5.02 Å². The smallest absolute Gasteiger partial charge is 0.233 e. The van der Waals surface area contributed by atoms with Crippen LogP contribution in [0.1, 0.15) is 5.56 Å². The van der Waals surface area contributed by atoms with Gasteiger partial charge in [0.2, 0.25) is 0 Å². The van der Waals surface area contributed by atoms with Crippen LogP contribution in [-0.4, -0.2) is 12.4 Å². The van der Waals surface area contributed by atoms with Crippen LogP contribution in [-0.2, 0) is 10.0 Å². The highest BCUT2D eigenvalue weighted by molar-refractivity contribution is 7.90. The third-order valence-corrected chi connectivity index (χ3v) is 6.33. The molecule has 0 saturated heterocycles. The molecule has 5 heteroatoms. The third-order valence-electron chi connectivity index (χ3n) is 4.35. The average molecular weight is 382 g/mol. The van der Waals surface area contributed by atoms with Gasteiger partial charge in [0.1, 0.15) is 0 Å². The van der Waals surface area contributed by atoms with Crippen molar-refractivity contribution < 1.29 is 8.42 Å². The SMILES string of the molecule is Cc1ccc(S(=O)(=O)n2c(-c3ccccc3)cc3cc(Cl)ccc32)cc1. The first kappa shape index (κ1) is 16.9. The van der Waals surface area contributed by atoms with Gasteiger partial charge in [0.25, 0.3) is 10.0 Å². The fraction of sp³-hybridized carbons (Fsp3) is 0.0476. The van der Waals surface area contributed by atoms with Gasteiger partial charge in [-0.25, -0.2) is 12.4 Å². The summed E-state index contributed by atoms with van der Waals surface area (Å²) >= 11 is 6.12. The molecule has 3 aromatic carbocycles. The number of aromatic nitrogens is 1. The average Bonchev–Trinajstić information content (AvgIpc) is 3.02. The maximum Gasteiger partial charge on any atom is 0.268 e. The number of rotatable bonds is 3. The Morgan fingerprint density at radius 1 is 0.846 bits per heavy atom. The van der Waals surface area contributed by atoms with Crippen LogP contribution >= 0.6 is 11.6 Å². The zero-order chi connectivity index (χ0) is 18.3. The first-order chi connectivity index (χ1) is 12.5. The van der Waals surface area contributed by atoms with E-state index in [9.17, 15) is 8.42 Å². The van der Waals surface area contributed by atoms with E-state index in [4.69, 9.17) is 11.6 Å². The Bertz CT molecular complexity index is 1190. The standard InChI is InChI=1S/C21H16ClNO2S/c1-15-7-10-19(11-8-15)26(24,25)23-20-12-9-18(22)13-17(20)14-21(23)16-5-3-2-4-6-16/h2-14H,1H3. The highest BCUT2D eigenvalue weighted by atomic mass is 35.5. The summed E-state index contributed by atoms with van der Waals surface area (Å²) < 4.78 is 28.3. The maximum atomic E-state index is 13.4. The summed E-state index contributed by atoms with van der Waals surface area (Å²) in [7, 11) is -3.76. The fourth-order valence-electron chi connectivity index (χ4n) is 3.05. The molecule has 0 amide bonds. The predicted molar refractivity (Wildman–Crippen MR) is 106 cm³/mol. The molecule has 0 bridgehead atoms. The summed E-state index contributed by atoms with van der Waals surface area (Å²) in [5.74, 6) is 0. The molecule has 0 radical (unpaired) electrons. The van der Waals surface area contributed by atoms with Crippen molar-refractivity contribution in [3.63, 3.8) is 0 Å². The van der Waals surface area contributed by atoms with Gasteiger partial charge in [-0.3, -0.25) is 0 Å². The van der Waals surface area contributed by atoms with Crippen molar-refractivity contribution in [2.75, 3.05) is 0 Å². The number of hydrogen-bond donors (Lipinski definition) is 0. The summed E-state index contributed by atoms with van der Waals surface area (Å²) in [4.78, 5) is 0.257. The topological polar surface area (TPSA) is 39.1 Å². The third kappa shape index (κ3) is 2.81. The van der Waals surface area contributed by atoms with E-state index in [1.807, 2.05) is 43.3 Å². The minimum absolute atomic E-state index is 0.257. The van der Waals surface area contributed by atoms with Crippen LogP contribution in [0.15, 0.2) is 83.8 Å². The van der Waals surface area contributed by atoms with Gasteiger partial charge in [-0.2, -0.15) is 0 Å². The van der Waals surface area contributed by atoms with E-state index in [2.05, 4.69) is 0 Å². The van der Waals surface area contributed by atoms with Gasteiger partial charge in [-0.15, -0.1) is 0 Å². The molecule has 4 aromatic rings. The van der Waals surface area contributed by atoms with Crippen LogP contribution in [0.25, 0.3) is 22.2 Å². The molecular weight excluding hydrogens is 366 g/mol. The Balaban J connectivity index is 2.06. The van der Waals surface area contributed by atoms with E-state index in [0.29, 0.717) is 16.2 Å². The molecule has 0 saturated carbocycles. The predicted octanol–water partition coefficient (Wildman–Crippen LogP) is 5.51. The Morgan fingerprint density at radius 2 is 1.54 bits per heavy atom. The number of halogens is 1. The first-order valence-electron chi connectivity index (χ1n) is 8.15. The minimum atomic E-state index is -3.76. The Hall–Kier alpha value is -2.56. The molecule has 0 atom stereocenters. The number of benzene rings is 3. The van der Waals surface area contributed by atoms with Gasteiger partial charge in [0.05, 0.1) is 16.1 Å². The van der Waals surface area contributed by atoms with Crippen LogP contribution in [0.5, 0.6) is 0 Å². The number of nitrogens with zero attached hydrogens (tertiary/aromatic N) is 1. The lowest BCUT2D eigenvalue weighted by atomic mass is 10.1. The van der Waals surface area contributed by atoms with Gasteiger partial charge >= 0.3 is 0 Å². The summed E-state index contributed by atoms with van der Waals surface area (Å²) in [5, 5.41) is 1.36. The van der Waals surface area contributed by atoms with Crippen LogP contribution in [0, 0.1) is 6.92 Å². The van der Waals surface area contributed by atoms with Crippen molar-refractivity contribution in [3.05, 3.63) is 89.4 Å². The zero-order valence-corrected chi connectivity index (χ0v) is 15.6. The van der Waals surface area contributed by atoms with Crippen LogP contribution in [0.3, 0.4) is 0 Å². The molecule has 130 valence electrons. The van der Waals surface area contributed by atoms with Crippen molar-refractivity contribution in [1.82, 2.24) is 3.97 Å². The molecule has 0 aliphatic heterocycles. The molecule has 0 aliphatic carbocycles. The molecule has 26 heavy (non-hydrogen) atoms. The van der Waals surface area contributed by atoms with Gasteiger partial charge in [-0.05, 0) is 48.9 Å². The van der Waals surface area contributed by atoms with Gasteiger partial charge in [-0.1, -0.05) is 59.6 Å². The zero-order valence-electron chi connectivity index (χ0n) is 14.1. The lowest BCUT2D eigenvalue weighted by Gasteiger charge is -2.12. The molecule has 1 heterocycles. The number of fused-ring (bicyclic) bond motifs is 1. The minimum Gasteiger partial charge on any atom is -0.233 e. The highest BCUT2D eigenvalue weighted by Crippen LogP contribution is 2.33. The lowest BCUT2D eigenvalue weighted by molar-refractivity contribution is 0.589. The van der Waals surface area contributed by atoms with Gasteiger partial charge < -0.3 is 0 Å². The summed E-state index contributed by atoms with van der Waals surface area (Å²) in [5.41, 5.74) is 3.06. The molecule has 0 aliphatic rings. The Kier molecular flexibility index (Phi) is 4.10. The number of aryl methyl sites for hydroxylation is 1. The summed E-state index contributed by atoms with van der Waals surface area (Å²) in [6, 6.07) is 23.5. The second-order valence-corrected chi connectivity index (χ2v) is 8.40. The molecule has 1 aromatic heterocycles. The van der Waals surface area contributed by atoms with E-state index in [0.717, 1.165) is 16.5 Å². The largest absolute Gasteiger partial charge is 0.268 e. The lowest BCUT2D eigenvalue weighted by Crippen LogP contribution is -2.14. The quantitative estimate of drug-likeness (QED) is 0.469. The molecule has 0 fully saturated rings. The molecular formula is C21H16ClNO2S. The molecule has 0 spiro atoms. The van der Waals surface area contributed by atoms with E-state index >= 15 is 0 Å². The summed E-state index contributed by atoms with van der Waals surface area (Å²) in [6.45, 7) is 1.93. The maximum absolute atomic E-state index is 13.4. The second kappa shape index (κ2) is 6.31. The van der Waals surface area contributed by atoms with Gasteiger partial charge in [0.15, 0.2) is 0 Å². The Labute approximate surface area is 157 Å². The Morgan fingerprint density at radius 3 is 2.23 bits per heavy atom. The van der Waals surface area contributed by atoms with Crippen molar-refractivity contribution >= 4 is 32.5 Å². The van der Waals surface area contributed by atoms with E-state index in [1.54, 1.807) is 42.5 Å². The van der Waals surface area contributed by atoms with Crippen molar-refractivity contribution in [2.45, 2.75) is 11.8 Å². The first-order valence-corrected chi connectivity index (χ1v) is 9.97. The van der Waals surface area contributed by atoms with E-state index in [-0.39, 0.29) is 4.90 Å².